The third-order valence-corrected chi connectivity index (χ3v) is 2.87. The van der Waals surface area contributed by atoms with Crippen LogP contribution in [0.3, 0.4) is 0 Å². The first-order valence-corrected chi connectivity index (χ1v) is 5.71. The van der Waals surface area contributed by atoms with E-state index in [1.54, 1.807) is 19.0 Å². The van der Waals surface area contributed by atoms with Crippen molar-refractivity contribution in [2.24, 2.45) is 0 Å². The maximum absolute atomic E-state index is 11.6. The summed E-state index contributed by atoms with van der Waals surface area (Å²) in [6, 6.07) is 0. The Hall–Kier alpha value is -1.04. The lowest BCUT2D eigenvalue weighted by molar-refractivity contribution is -0.127. The fourth-order valence-electron chi connectivity index (χ4n) is 1.06. The van der Waals surface area contributed by atoms with Crippen LogP contribution in [0.15, 0.2) is 5.16 Å². The number of nitrogens with zero attached hydrogens (tertiary/aromatic N) is 3. The molecule has 1 aromatic rings. The third kappa shape index (κ3) is 3.23. The number of amides is 1. The molecule has 0 aromatic carbocycles. The quantitative estimate of drug-likeness (QED) is 0.779. The molecule has 0 fully saturated rings. The fourth-order valence-corrected chi connectivity index (χ4v) is 1.95. The molecule has 0 saturated carbocycles. The van der Waals surface area contributed by atoms with Crippen LogP contribution in [-0.2, 0) is 11.2 Å². The molecule has 15 heavy (non-hydrogen) atoms. The molecular formula is C9H16N4OS. The normalized spacial score (nSPS) is 12.5. The lowest BCUT2D eigenvalue weighted by atomic mass is 10.4. The number of aromatic amines is 1. The third-order valence-electron chi connectivity index (χ3n) is 1.92. The van der Waals surface area contributed by atoms with Crippen LogP contribution in [0.5, 0.6) is 0 Å². The summed E-state index contributed by atoms with van der Waals surface area (Å²) in [4.78, 5) is 17.4. The van der Waals surface area contributed by atoms with Gasteiger partial charge in [0.1, 0.15) is 5.82 Å². The first-order valence-electron chi connectivity index (χ1n) is 4.83. The van der Waals surface area contributed by atoms with E-state index in [1.165, 1.54) is 11.8 Å². The Balaban J connectivity index is 2.58. The Kier molecular flexibility index (Phi) is 4.14. The maximum atomic E-state index is 11.6. The van der Waals surface area contributed by atoms with E-state index in [1.807, 2.05) is 13.8 Å². The molecule has 0 aliphatic heterocycles. The SMILES string of the molecule is CCc1nc(SC(C)C(=O)N(C)C)n[nH]1. The smallest absolute Gasteiger partial charge is 0.235 e. The summed E-state index contributed by atoms with van der Waals surface area (Å²) in [7, 11) is 3.49. The van der Waals surface area contributed by atoms with Crippen LogP contribution in [0.4, 0.5) is 0 Å². The van der Waals surface area contributed by atoms with Gasteiger partial charge in [0.25, 0.3) is 0 Å². The van der Waals surface area contributed by atoms with Crippen molar-refractivity contribution in [1.82, 2.24) is 20.1 Å². The topological polar surface area (TPSA) is 61.9 Å². The molecule has 0 aliphatic rings. The maximum Gasteiger partial charge on any atom is 0.235 e. The molecule has 1 amide bonds. The van der Waals surface area contributed by atoms with Gasteiger partial charge < -0.3 is 4.90 Å². The van der Waals surface area contributed by atoms with Crippen molar-refractivity contribution in [2.75, 3.05) is 14.1 Å². The van der Waals surface area contributed by atoms with Crippen molar-refractivity contribution in [3.63, 3.8) is 0 Å². The highest BCUT2D eigenvalue weighted by atomic mass is 32.2. The zero-order chi connectivity index (χ0) is 11.4. The molecule has 0 spiro atoms. The highest BCUT2D eigenvalue weighted by Crippen LogP contribution is 2.20. The van der Waals surface area contributed by atoms with Crippen LogP contribution in [-0.4, -0.2) is 45.3 Å². The van der Waals surface area contributed by atoms with Crippen LogP contribution in [0.2, 0.25) is 0 Å². The number of H-pyrrole nitrogens is 1. The molecule has 6 heteroatoms. The van der Waals surface area contributed by atoms with Crippen LogP contribution in [0, 0.1) is 0 Å². The molecule has 1 heterocycles. The fraction of sp³-hybridized carbons (Fsp3) is 0.667. The summed E-state index contributed by atoms with van der Waals surface area (Å²) in [5.41, 5.74) is 0. The van der Waals surface area contributed by atoms with Gasteiger partial charge in [-0.3, -0.25) is 9.89 Å². The molecule has 5 nitrogen and oxygen atoms in total. The minimum Gasteiger partial charge on any atom is -0.348 e. The first kappa shape index (κ1) is 12.0. The van der Waals surface area contributed by atoms with Gasteiger partial charge in [-0.05, 0) is 6.92 Å². The van der Waals surface area contributed by atoms with Crippen LogP contribution >= 0.6 is 11.8 Å². The molecule has 0 aliphatic carbocycles. The molecule has 1 rings (SSSR count). The van der Waals surface area contributed by atoms with Gasteiger partial charge in [0, 0.05) is 20.5 Å². The molecule has 0 bridgehead atoms. The number of nitrogens with one attached hydrogen (secondary N) is 1. The van der Waals surface area contributed by atoms with E-state index >= 15 is 0 Å². The average molecular weight is 228 g/mol. The predicted molar refractivity (Wildman–Crippen MR) is 59.8 cm³/mol. The molecule has 84 valence electrons. The van der Waals surface area contributed by atoms with E-state index < -0.39 is 0 Å². The Bertz CT molecular complexity index is 337. The minimum atomic E-state index is -0.152. The Morgan fingerprint density at radius 3 is 2.73 bits per heavy atom. The summed E-state index contributed by atoms with van der Waals surface area (Å²) in [5, 5.41) is 7.33. The number of rotatable bonds is 4. The first-order chi connectivity index (χ1) is 7.04. The number of hydrogen-bond donors (Lipinski definition) is 1. The second-order valence-electron chi connectivity index (χ2n) is 3.41. The van der Waals surface area contributed by atoms with Crippen molar-refractivity contribution in [3.8, 4) is 0 Å². The Morgan fingerprint density at radius 2 is 2.27 bits per heavy atom. The summed E-state index contributed by atoms with van der Waals surface area (Å²) in [6.45, 7) is 3.86. The van der Waals surface area contributed by atoms with Crippen LogP contribution in [0.1, 0.15) is 19.7 Å². The molecule has 1 N–H and O–H groups in total. The lowest BCUT2D eigenvalue weighted by Gasteiger charge is -2.14. The highest BCUT2D eigenvalue weighted by Gasteiger charge is 2.18. The van der Waals surface area contributed by atoms with E-state index in [-0.39, 0.29) is 11.2 Å². The van der Waals surface area contributed by atoms with E-state index in [4.69, 9.17) is 0 Å². The Labute approximate surface area is 93.6 Å². The van der Waals surface area contributed by atoms with Gasteiger partial charge >= 0.3 is 0 Å². The van der Waals surface area contributed by atoms with Gasteiger partial charge in [0.2, 0.25) is 11.1 Å². The zero-order valence-corrected chi connectivity index (χ0v) is 10.3. The van der Waals surface area contributed by atoms with Gasteiger partial charge in [-0.1, -0.05) is 18.7 Å². The summed E-state index contributed by atoms with van der Waals surface area (Å²) in [5.74, 6) is 0.921. The van der Waals surface area contributed by atoms with E-state index in [0.717, 1.165) is 12.2 Å². The number of aryl methyl sites for hydroxylation is 1. The molecule has 1 unspecified atom stereocenters. The zero-order valence-electron chi connectivity index (χ0n) is 9.44. The summed E-state index contributed by atoms with van der Waals surface area (Å²) in [6.07, 6.45) is 0.823. The Morgan fingerprint density at radius 1 is 1.60 bits per heavy atom. The largest absolute Gasteiger partial charge is 0.348 e. The van der Waals surface area contributed by atoms with Gasteiger partial charge in [-0.2, -0.15) is 0 Å². The summed E-state index contributed by atoms with van der Waals surface area (Å²) < 4.78 is 0. The van der Waals surface area contributed by atoms with E-state index in [0.29, 0.717) is 5.16 Å². The highest BCUT2D eigenvalue weighted by molar-refractivity contribution is 8.00. The van der Waals surface area contributed by atoms with Crippen LogP contribution < -0.4 is 0 Å². The van der Waals surface area contributed by atoms with E-state index in [2.05, 4.69) is 15.2 Å². The number of hydrogen-bond acceptors (Lipinski definition) is 4. The molecular weight excluding hydrogens is 212 g/mol. The standard InChI is InChI=1S/C9H16N4OS/c1-5-7-10-9(12-11-7)15-6(2)8(14)13(3)4/h6H,5H2,1-4H3,(H,10,11,12). The minimum absolute atomic E-state index is 0.0721. The van der Waals surface area contributed by atoms with E-state index in [9.17, 15) is 4.79 Å². The number of carbonyl (C=O) groups is 1. The van der Waals surface area contributed by atoms with Crippen molar-refractivity contribution in [1.29, 1.82) is 0 Å². The number of aromatic nitrogens is 3. The van der Waals surface area contributed by atoms with Gasteiger partial charge in [0.05, 0.1) is 5.25 Å². The lowest BCUT2D eigenvalue weighted by Crippen LogP contribution is -2.29. The van der Waals surface area contributed by atoms with Gasteiger partial charge in [0.15, 0.2) is 0 Å². The molecule has 0 saturated heterocycles. The van der Waals surface area contributed by atoms with Crippen molar-refractivity contribution in [3.05, 3.63) is 5.82 Å². The number of carbonyl (C=O) groups excluding carboxylic acids is 1. The van der Waals surface area contributed by atoms with Crippen molar-refractivity contribution >= 4 is 17.7 Å². The number of thioether (sulfide) groups is 1. The van der Waals surface area contributed by atoms with Crippen LogP contribution in [0.25, 0.3) is 0 Å². The average Bonchev–Trinajstić information content (AvgIpc) is 2.64. The summed E-state index contributed by atoms with van der Waals surface area (Å²) >= 11 is 1.37. The van der Waals surface area contributed by atoms with Crippen molar-refractivity contribution < 1.29 is 4.79 Å². The van der Waals surface area contributed by atoms with Gasteiger partial charge in [-0.15, -0.1) is 5.10 Å². The second kappa shape index (κ2) is 5.16. The van der Waals surface area contributed by atoms with Crippen molar-refractivity contribution in [2.45, 2.75) is 30.7 Å². The molecule has 1 aromatic heterocycles. The monoisotopic (exact) mass is 228 g/mol. The van der Waals surface area contributed by atoms with Gasteiger partial charge in [-0.25, -0.2) is 4.98 Å². The second-order valence-corrected chi connectivity index (χ2v) is 4.72. The predicted octanol–water partition coefficient (Wildman–Crippen LogP) is 0.936. The molecule has 0 radical (unpaired) electrons. The molecule has 1 atom stereocenters.